The third kappa shape index (κ3) is 6.59. The molecule has 0 aromatic rings. The van der Waals surface area contributed by atoms with Crippen LogP contribution in [0.3, 0.4) is 0 Å². The van der Waals surface area contributed by atoms with Gasteiger partial charge in [-0.3, -0.25) is 9.59 Å². The lowest BCUT2D eigenvalue weighted by atomic mass is 10.1. The van der Waals surface area contributed by atoms with Gasteiger partial charge < -0.3 is 14.9 Å². The molecule has 2 N–H and O–H groups in total. The average molecular weight is 258 g/mol. The van der Waals surface area contributed by atoms with Crippen molar-refractivity contribution in [3.63, 3.8) is 0 Å². The number of rotatable bonds is 9. The molecule has 1 aliphatic heterocycles. The number of carbonyl (C=O) groups is 2. The van der Waals surface area contributed by atoms with Crippen LogP contribution < -0.4 is 0 Å². The van der Waals surface area contributed by atoms with Crippen molar-refractivity contribution in [3.8, 4) is 0 Å². The molecule has 0 amide bonds. The van der Waals surface area contributed by atoms with E-state index in [1.54, 1.807) is 0 Å². The molecule has 104 valence electrons. The Hall–Kier alpha value is -1.10. The van der Waals surface area contributed by atoms with Crippen LogP contribution in [0.4, 0.5) is 0 Å². The van der Waals surface area contributed by atoms with Crippen molar-refractivity contribution in [2.45, 2.75) is 70.0 Å². The molecule has 1 fully saturated rings. The fourth-order valence-electron chi connectivity index (χ4n) is 2.34. The topological polar surface area (TPSA) is 83.8 Å². The zero-order valence-electron chi connectivity index (χ0n) is 10.6. The molecule has 0 bridgehead atoms. The Morgan fingerprint density at radius 3 is 2.28 bits per heavy atom. The second kappa shape index (κ2) is 8.08. The molecular formula is C13H22O5. The summed E-state index contributed by atoms with van der Waals surface area (Å²) in [5, 5.41) is 17.1. The van der Waals surface area contributed by atoms with E-state index in [0.717, 1.165) is 44.9 Å². The molecule has 2 atom stereocenters. The van der Waals surface area contributed by atoms with Gasteiger partial charge in [-0.2, -0.15) is 0 Å². The molecule has 0 saturated carbocycles. The maximum Gasteiger partial charge on any atom is 0.305 e. The second-order valence-corrected chi connectivity index (χ2v) is 4.90. The number of carboxylic acid groups (broad SMARTS) is 2. The molecule has 1 rings (SSSR count). The molecule has 5 nitrogen and oxygen atoms in total. The summed E-state index contributed by atoms with van der Waals surface area (Å²) in [6, 6.07) is 0. The highest BCUT2D eigenvalue weighted by molar-refractivity contribution is 5.67. The molecule has 0 aromatic carbocycles. The first-order valence-electron chi connectivity index (χ1n) is 6.67. The summed E-state index contributed by atoms with van der Waals surface area (Å²) in [5.41, 5.74) is 0. The number of carboxylic acids is 2. The summed E-state index contributed by atoms with van der Waals surface area (Å²) < 4.78 is 5.64. The minimum atomic E-state index is -0.797. The molecule has 1 aliphatic rings. The SMILES string of the molecule is O=C(O)CCCCCC[C@@H]1CC[C@@H](CC(=O)O)O1. The van der Waals surface area contributed by atoms with E-state index >= 15 is 0 Å². The third-order valence-corrected chi connectivity index (χ3v) is 3.26. The van der Waals surface area contributed by atoms with Crippen molar-refractivity contribution < 1.29 is 24.5 Å². The summed E-state index contributed by atoms with van der Waals surface area (Å²) in [4.78, 5) is 20.8. The molecule has 1 saturated heterocycles. The van der Waals surface area contributed by atoms with Crippen molar-refractivity contribution in [1.82, 2.24) is 0 Å². The Labute approximate surface area is 107 Å². The first kappa shape index (κ1) is 15.0. The van der Waals surface area contributed by atoms with E-state index in [-0.39, 0.29) is 25.0 Å². The van der Waals surface area contributed by atoms with Gasteiger partial charge in [0.1, 0.15) is 0 Å². The minimum absolute atomic E-state index is 0.106. The smallest absolute Gasteiger partial charge is 0.305 e. The Bertz CT molecular complexity index is 277. The van der Waals surface area contributed by atoms with Gasteiger partial charge in [0.2, 0.25) is 0 Å². The van der Waals surface area contributed by atoms with E-state index in [9.17, 15) is 9.59 Å². The third-order valence-electron chi connectivity index (χ3n) is 3.26. The number of ether oxygens (including phenoxy) is 1. The molecule has 0 unspecified atom stereocenters. The van der Waals surface area contributed by atoms with E-state index in [1.807, 2.05) is 0 Å². The monoisotopic (exact) mass is 258 g/mol. The van der Waals surface area contributed by atoms with Crippen LogP contribution in [-0.2, 0) is 14.3 Å². The van der Waals surface area contributed by atoms with E-state index in [1.165, 1.54) is 0 Å². The molecule has 0 aliphatic carbocycles. The highest BCUT2D eigenvalue weighted by Gasteiger charge is 2.26. The standard InChI is InChI=1S/C13H22O5/c14-12(15)6-4-2-1-3-5-10-7-8-11(18-10)9-13(16)17/h10-11H,1-9H2,(H,14,15)(H,16,17)/t10-,11+/m1/s1. The van der Waals surface area contributed by atoms with Crippen LogP contribution in [0, 0.1) is 0 Å². The highest BCUT2D eigenvalue weighted by Crippen LogP contribution is 2.25. The number of hydrogen-bond acceptors (Lipinski definition) is 3. The first-order valence-corrected chi connectivity index (χ1v) is 6.67. The Kier molecular flexibility index (Phi) is 6.72. The van der Waals surface area contributed by atoms with Crippen LogP contribution >= 0.6 is 0 Å². The first-order chi connectivity index (χ1) is 8.58. The molecular weight excluding hydrogens is 236 g/mol. The summed E-state index contributed by atoms with van der Waals surface area (Å²) in [6.07, 6.45) is 6.94. The van der Waals surface area contributed by atoms with Gasteiger partial charge in [0.05, 0.1) is 18.6 Å². The molecule has 18 heavy (non-hydrogen) atoms. The number of hydrogen-bond donors (Lipinski definition) is 2. The Morgan fingerprint density at radius 2 is 1.61 bits per heavy atom. The fraction of sp³-hybridized carbons (Fsp3) is 0.846. The molecule has 0 spiro atoms. The summed E-state index contributed by atoms with van der Waals surface area (Å²) >= 11 is 0. The van der Waals surface area contributed by atoms with Gasteiger partial charge in [0.25, 0.3) is 0 Å². The van der Waals surface area contributed by atoms with E-state index in [2.05, 4.69) is 0 Å². The molecule has 0 radical (unpaired) electrons. The van der Waals surface area contributed by atoms with E-state index in [0.29, 0.717) is 0 Å². The van der Waals surface area contributed by atoms with Gasteiger partial charge in [0, 0.05) is 6.42 Å². The maximum atomic E-state index is 10.5. The Morgan fingerprint density at radius 1 is 0.944 bits per heavy atom. The van der Waals surface area contributed by atoms with Crippen molar-refractivity contribution in [1.29, 1.82) is 0 Å². The van der Waals surface area contributed by atoms with Crippen LogP contribution in [-0.4, -0.2) is 34.4 Å². The normalized spacial score (nSPS) is 23.1. The van der Waals surface area contributed by atoms with Gasteiger partial charge in [-0.15, -0.1) is 0 Å². The van der Waals surface area contributed by atoms with Gasteiger partial charge >= 0.3 is 11.9 Å². The Balaban J connectivity index is 1.97. The zero-order chi connectivity index (χ0) is 13.4. The highest BCUT2D eigenvalue weighted by atomic mass is 16.5. The van der Waals surface area contributed by atoms with Crippen LogP contribution in [0.25, 0.3) is 0 Å². The lowest BCUT2D eigenvalue weighted by Crippen LogP contribution is -2.14. The predicted molar refractivity (Wildman–Crippen MR) is 65.5 cm³/mol. The van der Waals surface area contributed by atoms with Crippen molar-refractivity contribution in [2.24, 2.45) is 0 Å². The lowest BCUT2D eigenvalue weighted by molar-refractivity contribution is -0.140. The van der Waals surface area contributed by atoms with Gasteiger partial charge in [-0.1, -0.05) is 19.3 Å². The molecule has 0 aromatic heterocycles. The van der Waals surface area contributed by atoms with E-state index in [4.69, 9.17) is 14.9 Å². The van der Waals surface area contributed by atoms with Gasteiger partial charge in [0.15, 0.2) is 0 Å². The number of aliphatic carboxylic acids is 2. The molecule has 5 heteroatoms. The summed E-state index contributed by atoms with van der Waals surface area (Å²) in [7, 11) is 0. The average Bonchev–Trinajstić information content (AvgIpc) is 2.69. The minimum Gasteiger partial charge on any atom is -0.481 e. The molecule has 1 heterocycles. The summed E-state index contributed by atoms with van der Waals surface area (Å²) in [5.74, 6) is -1.53. The maximum absolute atomic E-state index is 10.5. The summed E-state index contributed by atoms with van der Waals surface area (Å²) in [6.45, 7) is 0. The van der Waals surface area contributed by atoms with Crippen LogP contribution in [0.15, 0.2) is 0 Å². The van der Waals surface area contributed by atoms with Crippen molar-refractivity contribution in [2.75, 3.05) is 0 Å². The lowest BCUT2D eigenvalue weighted by Gasteiger charge is -2.11. The number of unbranched alkanes of at least 4 members (excludes halogenated alkanes) is 3. The van der Waals surface area contributed by atoms with Crippen LogP contribution in [0.2, 0.25) is 0 Å². The van der Waals surface area contributed by atoms with Crippen molar-refractivity contribution >= 4 is 11.9 Å². The van der Waals surface area contributed by atoms with Crippen LogP contribution in [0.1, 0.15) is 57.8 Å². The van der Waals surface area contributed by atoms with Crippen molar-refractivity contribution in [3.05, 3.63) is 0 Å². The van der Waals surface area contributed by atoms with Gasteiger partial charge in [-0.25, -0.2) is 0 Å². The van der Waals surface area contributed by atoms with E-state index < -0.39 is 11.9 Å². The van der Waals surface area contributed by atoms with Crippen LogP contribution in [0.5, 0.6) is 0 Å². The zero-order valence-corrected chi connectivity index (χ0v) is 10.6. The second-order valence-electron chi connectivity index (χ2n) is 4.90. The van der Waals surface area contributed by atoms with Gasteiger partial charge in [-0.05, 0) is 25.7 Å². The quantitative estimate of drug-likeness (QED) is 0.620. The predicted octanol–water partition coefficient (Wildman–Crippen LogP) is 2.43. The fourth-order valence-corrected chi connectivity index (χ4v) is 2.34. The largest absolute Gasteiger partial charge is 0.481 e.